The Morgan fingerprint density at radius 2 is 2.00 bits per heavy atom. The molecule has 1 aliphatic rings. The topological polar surface area (TPSA) is 77.7 Å². The van der Waals surface area contributed by atoms with E-state index in [9.17, 15) is 18.3 Å². The van der Waals surface area contributed by atoms with Gasteiger partial charge in [-0.15, -0.1) is 21.5 Å². The van der Waals surface area contributed by atoms with Crippen LogP contribution in [0.15, 0.2) is 17.3 Å². The molecule has 0 aromatic carbocycles. The van der Waals surface area contributed by atoms with Gasteiger partial charge < -0.3 is 10.0 Å². The standard InChI is InChI=1S/C14H11F3N6OS2/c1-22(2)6-3-4-18-10-7(6)8-9(25-10)11(24)23(5-19-8)13-21-20-12(26-13)14(15,16)17/h3-5,11,24H,1-2H3. The summed E-state index contributed by atoms with van der Waals surface area (Å²) in [6, 6.07) is 1.84. The van der Waals surface area contributed by atoms with Crippen molar-refractivity contribution in [1.29, 1.82) is 0 Å². The van der Waals surface area contributed by atoms with Crippen LogP contribution in [0.4, 0.5) is 29.7 Å². The van der Waals surface area contributed by atoms with Gasteiger partial charge in [-0.05, 0) is 6.07 Å². The maximum absolute atomic E-state index is 12.7. The van der Waals surface area contributed by atoms with Crippen LogP contribution in [0.1, 0.15) is 16.1 Å². The molecule has 0 spiro atoms. The third-order valence-electron chi connectivity index (χ3n) is 3.74. The van der Waals surface area contributed by atoms with E-state index in [1.807, 2.05) is 25.1 Å². The molecular formula is C14H11F3N6OS2. The second-order valence-corrected chi connectivity index (χ2v) is 7.62. The molecule has 3 aromatic heterocycles. The molecule has 1 aliphatic heterocycles. The fourth-order valence-electron chi connectivity index (χ4n) is 2.58. The number of rotatable bonds is 2. The van der Waals surface area contributed by atoms with E-state index in [0.29, 0.717) is 26.7 Å². The minimum Gasteiger partial charge on any atom is -0.377 e. The van der Waals surface area contributed by atoms with Gasteiger partial charge in [0, 0.05) is 20.3 Å². The van der Waals surface area contributed by atoms with Gasteiger partial charge in [0.25, 0.3) is 0 Å². The molecule has 0 amide bonds. The molecular weight excluding hydrogens is 389 g/mol. The van der Waals surface area contributed by atoms with Gasteiger partial charge in [0.15, 0.2) is 6.23 Å². The zero-order valence-corrected chi connectivity index (χ0v) is 15.0. The summed E-state index contributed by atoms with van der Waals surface area (Å²) in [7, 11) is 3.77. The Balaban J connectivity index is 1.79. The number of hydrogen-bond acceptors (Lipinski definition) is 9. The molecule has 1 atom stereocenters. The van der Waals surface area contributed by atoms with Crippen molar-refractivity contribution < 1.29 is 18.3 Å². The normalized spacial score (nSPS) is 17.0. The van der Waals surface area contributed by atoms with E-state index in [1.54, 1.807) is 6.20 Å². The monoisotopic (exact) mass is 400 g/mol. The van der Waals surface area contributed by atoms with E-state index in [4.69, 9.17) is 0 Å². The predicted molar refractivity (Wildman–Crippen MR) is 94.4 cm³/mol. The second-order valence-electron chi connectivity index (χ2n) is 5.63. The lowest BCUT2D eigenvalue weighted by molar-refractivity contribution is -0.138. The molecule has 0 bridgehead atoms. The summed E-state index contributed by atoms with van der Waals surface area (Å²) < 4.78 is 38.2. The van der Waals surface area contributed by atoms with Crippen LogP contribution in [0.5, 0.6) is 0 Å². The first-order valence-electron chi connectivity index (χ1n) is 7.27. The summed E-state index contributed by atoms with van der Waals surface area (Å²) in [5.41, 5.74) is 1.45. The van der Waals surface area contributed by atoms with E-state index in [2.05, 4.69) is 20.2 Å². The SMILES string of the molecule is CN(C)c1ccnc2sc3c(c12)N=CN(c1nnc(C(F)(F)F)s1)C3O. The van der Waals surface area contributed by atoms with Crippen molar-refractivity contribution in [1.82, 2.24) is 15.2 Å². The zero-order chi connectivity index (χ0) is 18.6. The second kappa shape index (κ2) is 5.86. The molecule has 1 N–H and O–H groups in total. The number of alkyl halides is 3. The Hall–Kier alpha value is -2.31. The molecule has 0 aliphatic carbocycles. The highest BCUT2D eigenvalue weighted by atomic mass is 32.1. The lowest BCUT2D eigenvalue weighted by Crippen LogP contribution is -2.28. The number of aliphatic imine (C=N–C) groups is 1. The molecule has 4 heterocycles. The number of nitrogens with zero attached hydrogens (tertiary/aromatic N) is 6. The number of aliphatic hydroxyl groups is 1. The summed E-state index contributed by atoms with van der Waals surface area (Å²) >= 11 is 1.59. The van der Waals surface area contributed by atoms with Crippen molar-refractivity contribution in [3.05, 3.63) is 22.1 Å². The molecule has 12 heteroatoms. The van der Waals surface area contributed by atoms with E-state index in [0.717, 1.165) is 11.1 Å². The first kappa shape index (κ1) is 17.1. The summed E-state index contributed by atoms with van der Waals surface area (Å²) in [6.07, 6.45) is -2.87. The van der Waals surface area contributed by atoms with Gasteiger partial charge >= 0.3 is 6.18 Å². The predicted octanol–water partition coefficient (Wildman–Crippen LogP) is 3.40. The van der Waals surface area contributed by atoms with Crippen molar-refractivity contribution in [2.45, 2.75) is 12.4 Å². The van der Waals surface area contributed by atoms with Crippen LogP contribution in [0, 0.1) is 0 Å². The molecule has 0 fully saturated rings. The number of hydrogen-bond donors (Lipinski definition) is 1. The van der Waals surface area contributed by atoms with E-state index >= 15 is 0 Å². The largest absolute Gasteiger partial charge is 0.445 e. The van der Waals surface area contributed by atoms with Gasteiger partial charge in [0.05, 0.1) is 21.6 Å². The Labute approximate surface area is 153 Å². The van der Waals surface area contributed by atoms with E-state index in [1.165, 1.54) is 22.6 Å². The molecule has 136 valence electrons. The maximum Gasteiger partial charge on any atom is 0.445 e. The van der Waals surface area contributed by atoms with Gasteiger partial charge in [-0.1, -0.05) is 11.3 Å². The minimum atomic E-state index is -4.58. The van der Waals surface area contributed by atoms with Gasteiger partial charge in [0.1, 0.15) is 11.2 Å². The molecule has 3 aromatic rings. The molecule has 26 heavy (non-hydrogen) atoms. The highest BCUT2D eigenvalue weighted by molar-refractivity contribution is 7.19. The maximum atomic E-state index is 12.7. The molecule has 7 nitrogen and oxygen atoms in total. The molecule has 0 saturated heterocycles. The molecule has 0 saturated carbocycles. The summed E-state index contributed by atoms with van der Waals surface area (Å²) in [5, 5.41) is 17.0. The van der Waals surface area contributed by atoms with Crippen LogP contribution in [0.25, 0.3) is 10.2 Å². The third kappa shape index (κ3) is 2.61. The van der Waals surface area contributed by atoms with Crippen molar-refractivity contribution >= 4 is 55.7 Å². The Kier molecular flexibility index (Phi) is 3.86. The number of thiophene rings is 1. The first-order chi connectivity index (χ1) is 12.3. The third-order valence-corrected chi connectivity index (χ3v) is 5.85. The minimum absolute atomic E-state index is 0.0857. The molecule has 0 radical (unpaired) electrons. The lowest BCUT2D eigenvalue weighted by atomic mass is 10.2. The van der Waals surface area contributed by atoms with Crippen molar-refractivity contribution in [2.75, 3.05) is 23.9 Å². The Morgan fingerprint density at radius 3 is 2.65 bits per heavy atom. The highest BCUT2D eigenvalue weighted by Gasteiger charge is 2.38. The van der Waals surface area contributed by atoms with Crippen molar-refractivity contribution in [3.63, 3.8) is 0 Å². The van der Waals surface area contributed by atoms with Crippen LogP contribution < -0.4 is 9.80 Å². The van der Waals surface area contributed by atoms with Crippen LogP contribution in [-0.4, -0.2) is 40.7 Å². The average Bonchev–Trinajstić information content (AvgIpc) is 3.19. The van der Waals surface area contributed by atoms with Crippen molar-refractivity contribution in [2.24, 2.45) is 4.99 Å². The molecule has 4 rings (SSSR count). The van der Waals surface area contributed by atoms with Gasteiger partial charge in [-0.2, -0.15) is 13.2 Å². The lowest BCUT2D eigenvalue weighted by Gasteiger charge is -2.25. The van der Waals surface area contributed by atoms with Gasteiger partial charge in [-0.3, -0.25) is 4.90 Å². The van der Waals surface area contributed by atoms with Gasteiger partial charge in [-0.25, -0.2) is 9.98 Å². The number of pyridine rings is 1. The zero-order valence-electron chi connectivity index (χ0n) is 13.4. The number of anilines is 2. The number of aliphatic hydroxyl groups excluding tert-OH is 1. The van der Waals surface area contributed by atoms with Gasteiger partial charge in [0.2, 0.25) is 10.1 Å². The van der Waals surface area contributed by atoms with Crippen molar-refractivity contribution in [3.8, 4) is 0 Å². The quantitative estimate of drug-likeness (QED) is 0.710. The Morgan fingerprint density at radius 1 is 1.23 bits per heavy atom. The van der Waals surface area contributed by atoms with Crippen LogP contribution in [0.2, 0.25) is 0 Å². The number of halogens is 3. The summed E-state index contributed by atoms with van der Waals surface area (Å²) in [5.74, 6) is 0. The summed E-state index contributed by atoms with van der Waals surface area (Å²) in [6.45, 7) is 0. The van der Waals surface area contributed by atoms with Crippen LogP contribution >= 0.6 is 22.7 Å². The highest BCUT2D eigenvalue weighted by Crippen LogP contribution is 2.48. The van der Waals surface area contributed by atoms with E-state index < -0.39 is 17.4 Å². The average molecular weight is 400 g/mol. The van der Waals surface area contributed by atoms with Crippen LogP contribution in [0.3, 0.4) is 0 Å². The smallest absolute Gasteiger partial charge is 0.377 e. The number of fused-ring (bicyclic) bond motifs is 3. The fourth-order valence-corrected chi connectivity index (χ4v) is 4.38. The molecule has 1 unspecified atom stereocenters. The van der Waals surface area contributed by atoms with Crippen LogP contribution in [-0.2, 0) is 6.18 Å². The fraction of sp³-hybridized carbons (Fsp3) is 0.286. The first-order valence-corrected chi connectivity index (χ1v) is 8.90. The Bertz CT molecular complexity index is 1010. The summed E-state index contributed by atoms with van der Waals surface area (Å²) in [4.78, 5) is 12.9. The van der Waals surface area contributed by atoms with E-state index in [-0.39, 0.29) is 5.13 Å². The number of aromatic nitrogens is 3.